The number of benzene rings is 4. The summed E-state index contributed by atoms with van der Waals surface area (Å²) in [6.07, 6.45) is 0.986. The van der Waals surface area contributed by atoms with Crippen LogP contribution in [0.25, 0.3) is 43.2 Å². The average Bonchev–Trinajstić information content (AvgIpc) is 3.70. The molecular weight excluding hydrogens is 859 g/mol. The molecule has 0 unspecified atom stereocenters. The molecule has 0 saturated carbocycles. The summed E-state index contributed by atoms with van der Waals surface area (Å²) in [7, 11) is 3.71. The minimum Gasteiger partial charge on any atom is -0.496 e. The van der Waals surface area contributed by atoms with Crippen LogP contribution in [0.2, 0.25) is 5.02 Å². The smallest absolute Gasteiger partial charge is 0.345 e. The molecule has 3 aromatic heterocycles. The summed E-state index contributed by atoms with van der Waals surface area (Å²) < 4.78 is 45.9. The molecule has 2 atom stereocenters. The van der Waals surface area contributed by atoms with E-state index in [2.05, 4.69) is 31.8 Å². The molecule has 13 nitrogen and oxygen atoms in total. The highest BCUT2D eigenvalue weighted by Gasteiger charge is 2.30. The normalized spacial score (nSPS) is 17.0. The van der Waals surface area contributed by atoms with E-state index in [0.29, 0.717) is 73.0 Å². The van der Waals surface area contributed by atoms with Gasteiger partial charge in [0.25, 0.3) is 0 Å². The van der Waals surface area contributed by atoms with E-state index in [9.17, 15) is 14.3 Å². The fraction of sp³-hybridized carbons (Fsp3) is 0.271. The maximum absolute atomic E-state index is 14.3. The van der Waals surface area contributed by atoms with Gasteiger partial charge in [0.05, 0.1) is 28.8 Å². The summed E-state index contributed by atoms with van der Waals surface area (Å²) in [5.74, 6) is 0.934. The Hall–Kier alpha value is -6.39. The highest BCUT2D eigenvalue weighted by molar-refractivity contribution is 7.22. The van der Waals surface area contributed by atoms with Gasteiger partial charge < -0.3 is 33.7 Å². The van der Waals surface area contributed by atoms with Crippen LogP contribution in [0.15, 0.2) is 97.5 Å². The standard InChI is InChI=1S/C48H44ClFN6O7S/c1-28-35-13-15-39(43(28)49)62-34(24-56-20-18-55(2)19-21-56)26-60-33-12-14-37(61-25-32-16-17-51-45(54-32)36-6-4-5-7-38(36)59-3)30(22-33)23-40(48(57)58)63-46-42-41(35)44(64-47(42)53-27-52-46)29-8-10-31(50)11-9-29/h4-17,22,27,34,40H,18-21,23-26H2,1-3H3,(H,57,58)/t34-,40+/m1/s1. The molecule has 0 amide bonds. The van der Waals surface area contributed by atoms with Crippen molar-refractivity contribution in [1.29, 1.82) is 0 Å². The Bertz CT molecular complexity index is 2820. The minimum absolute atomic E-state index is 0.0473. The molecule has 6 heterocycles. The van der Waals surface area contributed by atoms with Crippen LogP contribution in [0.4, 0.5) is 4.39 Å². The molecule has 10 rings (SSSR count). The van der Waals surface area contributed by atoms with Gasteiger partial charge >= 0.3 is 5.97 Å². The molecule has 0 radical (unpaired) electrons. The van der Waals surface area contributed by atoms with Crippen LogP contribution in [-0.2, 0) is 17.8 Å². The van der Waals surface area contributed by atoms with Gasteiger partial charge in [-0.05, 0) is 85.3 Å². The summed E-state index contributed by atoms with van der Waals surface area (Å²) >= 11 is 8.59. The summed E-state index contributed by atoms with van der Waals surface area (Å²) in [5, 5.41) is 11.7. The molecule has 1 fully saturated rings. The fourth-order valence-electron chi connectivity index (χ4n) is 7.94. The lowest BCUT2D eigenvalue weighted by Gasteiger charge is -2.34. The van der Waals surface area contributed by atoms with Crippen molar-refractivity contribution < 1.29 is 38.0 Å². The van der Waals surface area contributed by atoms with Crippen LogP contribution in [0, 0.1) is 12.7 Å². The zero-order valence-electron chi connectivity index (χ0n) is 35.3. The van der Waals surface area contributed by atoms with Crippen molar-refractivity contribution >= 4 is 39.1 Å². The van der Waals surface area contributed by atoms with Gasteiger partial charge in [-0.1, -0.05) is 41.9 Å². The van der Waals surface area contributed by atoms with Crippen LogP contribution >= 0.6 is 22.9 Å². The average molecular weight is 903 g/mol. The van der Waals surface area contributed by atoms with Crippen LogP contribution < -0.4 is 23.7 Å². The van der Waals surface area contributed by atoms with Crippen LogP contribution in [0.3, 0.4) is 0 Å². The van der Waals surface area contributed by atoms with Crippen molar-refractivity contribution in [2.45, 2.75) is 32.2 Å². The highest BCUT2D eigenvalue weighted by Crippen LogP contribution is 2.49. The van der Waals surface area contributed by atoms with Crippen molar-refractivity contribution in [3.8, 4) is 61.8 Å². The first-order valence-corrected chi connectivity index (χ1v) is 21.9. The van der Waals surface area contributed by atoms with Crippen molar-refractivity contribution in [3.63, 3.8) is 0 Å². The van der Waals surface area contributed by atoms with Crippen LogP contribution in [0.1, 0.15) is 16.8 Å². The fourth-order valence-corrected chi connectivity index (χ4v) is 9.30. The molecule has 0 spiro atoms. The number of nitrogens with zero attached hydrogens (tertiary/aromatic N) is 6. The highest BCUT2D eigenvalue weighted by atomic mass is 35.5. The summed E-state index contributed by atoms with van der Waals surface area (Å²) in [5.41, 5.74) is 4.67. The number of halogens is 2. The lowest BCUT2D eigenvalue weighted by atomic mass is 9.96. The molecule has 0 aliphatic carbocycles. The lowest BCUT2D eigenvalue weighted by Crippen LogP contribution is -2.49. The molecule has 7 aromatic rings. The number of methoxy groups -OCH3 is 1. The quantitative estimate of drug-likeness (QED) is 0.148. The summed E-state index contributed by atoms with van der Waals surface area (Å²) in [4.78, 5) is 37.5. The van der Waals surface area contributed by atoms with Crippen LogP contribution in [-0.4, -0.2) is 107 Å². The molecule has 4 bridgehead atoms. The Kier molecular flexibility index (Phi) is 12.6. The molecule has 3 aliphatic heterocycles. The number of aromatic nitrogens is 4. The Labute approximate surface area is 378 Å². The second-order valence-electron chi connectivity index (χ2n) is 15.7. The molecule has 64 heavy (non-hydrogen) atoms. The number of carboxylic acids is 1. The number of hydrogen-bond donors (Lipinski definition) is 1. The Morgan fingerprint density at radius 3 is 2.56 bits per heavy atom. The topological polar surface area (TPSA) is 141 Å². The maximum Gasteiger partial charge on any atom is 0.345 e. The second kappa shape index (κ2) is 18.8. The SMILES string of the molecule is COc1ccccc1-c1nccc(COc2ccc3cc2C[C@@H](C(=O)O)Oc2ncnc4sc(-c5ccc(F)cc5)c(c24)-c2ccc(c(Cl)c2C)O[C@H](CN2CCN(C)CC2)CO3)n1. The van der Waals surface area contributed by atoms with E-state index in [0.717, 1.165) is 47.7 Å². The maximum atomic E-state index is 14.3. The Morgan fingerprint density at radius 2 is 1.77 bits per heavy atom. The van der Waals surface area contributed by atoms with Crippen molar-refractivity contribution in [2.75, 3.05) is 53.5 Å². The molecule has 1 saturated heterocycles. The van der Waals surface area contributed by atoms with Crippen molar-refractivity contribution in [3.05, 3.63) is 125 Å². The van der Waals surface area contributed by atoms with Crippen molar-refractivity contribution in [1.82, 2.24) is 29.7 Å². The first kappa shape index (κ1) is 42.9. The van der Waals surface area contributed by atoms with E-state index < -0.39 is 18.2 Å². The largest absolute Gasteiger partial charge is 0.496 e. The minimum atomic E-state index is -1.44. The molecular formula is C48H44ClFN6O7S. The third-order valence-electron chi connectivity index (χ3n) is 11.4. The van der Waals surface area contributed by atoms with Gasteiger partial charge in [-0.2, -0.15) is 0 Å². The predicted octanol–water partition coefficient (Wildman–Crippen LogP) is 8.63. The third-order valence-corrected chi connectivity index (χ3v) is 13.0. The van der Waals surface area contributed by atoms with E-state index in [1.54, 1.807) is 49.7 Å². The summed E-state index contributed by atoms with van der Waals surface area (Å²) in [6, 6.07) is 24.5. The Morgan fingerprint density at radius 1 is 0.953 bits per heavy atom. The number of carboxylic acid groups (broad SMARTS) is 1. The van der Waals surface area contributed by atoms with E-state index in [1.165, 1.54) is 29.8 Å². The molecule has 4 aromatic carbocycles. The zero-order valence-corrected chi connectivity index (χ0v) is 36.9. The van der Waals surface area contributed by atoms with E-state index in [-0.39, 0.29) is 31.3 Å². The van der Waals surface area contributed by atoms with Gasteiger partial charge in [-0.15, -0.1) is 11.3 Å². The molecule has 1 N–H and O–H groups in total. The van der Waals surface area contributed by atoms with Crippen molar-refractivity contribution in [2.24, 2.45) is 0 Å². The first-order chi connectivity index (χ1) is 31.1. The summed E-state index contributed by atoms with van der Waals surface area (Å²) in [6.45, 7) is 6.27. The number of piperazine rings is 1. The number of likely N-dealkylation sites (N-methyl/N-ethyl adjacent to an activating group) is 1. The zero-order chi connectivity index (χ0) is 44.3. The number of ether oxygens (including phenoxy) is 5. The van der Waals surface area contributed by atoms with Gasteiger partial charge in [0.15, 0.2) is 5.82 Å². The number of fused-ring (bicyclic) bond motifs is 7. The van der Waals surface area contributed by atoms with Gasteiger partial charge in [-0.25, -0.2) is 29.1 Å². The monoisotopic (exact) mass is 902 g/mol. The van der Waals surface area contributed by atoms with E-state index in [4.69, 9.17) is 40.3 Å². The number of hydrogen-bond acceptors (Lipinski definition) is 13. The number of rotatable bonds is 9. The molecule has 3 aliphatic rings. The number of thiophene rings is 1. The van der Waals surface area contributed by atoms with Crippen LogP contribution in [0.5, 0.6) is 28.9 Å². The lowest BCUT2D eigenvalue weighted by molar-refractivity contribution is -0.145. The molecule has 16 heteroatoms. The van der Waals surface area contributed by atoms with Gasteiger partial charge in [0.2, 0.25) is 12.0 Å². The molecule has 328 valence electrons. The van der Waals surface area contributed by atoms with E-state index >= 15 is 0 Å². The van der Waals surface area contributed by atoms with Gasteiger partial charge in [0, 0.05) is 61.3 Å². The predicted molar refractivity (Wildman–Crippen MR) is 242 cm³/mol. The second-order valence-corrected chi connectivity index (χ2v) is 17.0. The van der Waals surface area contributed by atoms with Gasteiger partial charge in [0.1, 0.15) is 59.3 Å². The number of aliphatic carboxylic acids is 1. The van der Waals surface area contributed by atoms with Gasteiger partial charge in [-0.3, -0.25) is 4.90 Å². The number of carbonyl (C=O) groups is 1. The number of para-hydroxylation sites is 1. The third kappa shape index (κ3) is 9.15. The van der Waals surface area contributed by atoms with E-state index in [1.807, 2.05) is 43.3 Å². The Balaban J connectivity index is 1.13. The first-order valence-electron chi connectivity index (χ1n) is 20.8.